The van der Waals surface area contributed by atoms with Gasteiger partial charge in [0.2, 0.25) is 0 Å². The van der Waals surface area contributed by atoms with Gasteiger partial charge >= 0.3 is 0 Å². The van der Waals surface area contributed by atoms with Crippen LogP contribution in [-0.2, 0) is 0 Å². The molecule has 0 aromatic heterocycles. The van der Waals surface area contributed by atoms with Crippen LogP contribution in [0.15, 0.2) is 24.3 Å². The number of phenolic OH excluding ortho intramolecular Hbond substituents is 1. The van der Waals surface area contributed by atoms with Crippen LogP contribution in [0.25, 0.3) is 0 Å². The summed E-state index contributed by atoms with van der Waals surface area (Å²) >= 11 is 0. The van der Waals surface area contributed by atoms with Crippen LogP contribution in [-0.4, -0.2) is 37.2 Å². The standard InChI is InChI=1S/C13H22N2O/c1-11(14-8-5-9-15(2)3)12-6-4-7-13(16)10-12/h4,6-7,10-11,14,16H,5,8-9H2,1-3H3. The maximum absolute atomic E-state index is 9.37. The van der Waals surface area contributed by atoms with E-state index in [9.17, 15) is 5.11 Å². The van der Waals surface area contributed by atoms with E-state index in [0.29, 0.717) is 5.75 Å². The summed E-state index contributed by atoms with van der Waals surface area (Å²) in [6, 6.07) is 7.70. The first-order valence-corrected chi connectivity index (χ1v) is 5.76. The lowest BCUT2D eigenvalue weighted by Gasteiger charge is -2.15. The number of phenols is 1. The highest BCUT2D eigenvalue weighted by Gasteiger charge is 2.04. The minimum atomic E-state index is 0.286. The Kier molecular flexibility index (Phi) is 5.29. The average Bonchev–Trinajstić information content (AvgIpc) is 2.24. The monoisotopic (exact) mass is 222 g/mol. The lowest BCUT2D eigenvalue weighted by molar-refractivity contribution is 0.389. The normalized spacial score (nSPS) is 13.0. The van der Waals surface area contributed by atoms with Crippen molar-refractivity contribution in [1.82, 2.24) is 10.2 Å². The van der Waals surface area contributed by atoms with Gasteiger partial charge in [0, 0.05) is 6.04 Å². The summed E-state index contributed by atoms with van der Waals surface area (Å²) in [6.07, 6.45) is 1.14. The molecule has 1 atom stereocenters. The van der Waals surface area contributed by atoms with E-state index in [1.165, 1.54) is 0 Å². The van der Waals surface area contributed by atoms with Crippen LogP contribution >= 0.6 is 0 Å². The molecule has 0 aliphatic heterocycles. The lowest BCUT2D eigenvalue weighted by atomic mass is 10.1. The predicted molar refractivity (Wildman–Crippen MR) is 67.7 cm³/mol. The molecule has 0 aliphatic carbocycles. The van der Waals surface area contributed by atoms with Crippen molar-refractivity contribution < 1.29 is 5.11 Å². The number of rotatable bonds is 6. The molecule has 0 fully saturated rings. The number of aromatic hydroxyl groups is 1. The van der Waals surface area contributed by atoms with Crippen LogP contribution in [0.1, 0.15) is 24.9 Å². The van der Waals surface area contributed by atoms with Crippen molar-refractivity contribution in [3.8, 4) is 5.75 Å². The van der Waals surface area contributed by atoms with Gasteiger partial charge in [-0.2, -0.15) is 0 Å². The SMILES string of the molecule is CC(NCCCN(C)C)c1cccc(O)c1. The van der Waals surface area contributed by atoms with E-state index in [2.05, 4.69) is 31.2 Å². The van der Waals surface area contributed by atoms with Crippen LogP contribution in [0.2, 0.25) is 0 Å². The van der Waals surface area contributed by atoms with Crippen LogP contribution < -0.4 is 5.32 Å². The molecule has 16 heavy (non-hydrogen) atoms. The van der Waals surface area contributed by atoms with Gasteiger partial charge in [0.25, 0.3) is 0 Å². The summed E-state index contributed by atoms with van der Waals surface area (Å²) in [5.74, 6) is 0.333. The Hall–Kier alpha value is -1.06. The molecule has 0 heterocycles. The zero-order chi connectivity index (χ0) is 12.0. The van der Waals surface area contributed by atoms with Crippen LogP contribution in [0.4, 0.5) is 0 Å². The fourth-order valence-electron chi connectivity index (χ4n) is 1.63. The third-order valence-corrected chi connectivity index (χ3v) is 2.60. The molecule has 0 saturated heterocycles. The maximum Gasteiger partial charge on any atom is 0.115 e. The summed E-state index contributed by atoms with van der Waals surface area (Å²) in [7, 11) is 4.16. The molecule has 3 heteroatoms. The van der Waals surface area contributed by atoms with Crippen LogP contribution in [0.5, 0.6) is 5.75 Å². The number of hydrogen-bond donors (Lipinski definition) is 2. The first kappa shape index (κ1) is 13.0. The number of nitrogens with one attached hydrogen (secondary N) is 1. The maximum atomic E-state index is 9.37. The molecule has 0 saturated carbocycles. The summed E-state index contributed by atoms with van der Waals surface area (Å²) in [5.41, 5.74) is 1.13. The van der Waals surface area contributed by atoms with E-state index < -0.39 is 0 Å². The van der Waals surface area contributed by atoms with Crippen molar-refractivity contribution in [2.45, 2.75) is 19.4 Å². The summed E-state index contributed by atoms with van der Waals surface area (Å²) < 4.78 is 0. The van der Waals surface area contributed by atoms with Crippen molar-refractivity contribution in [3.63, 3.8) is 0 Å². The minimum Gasteiger partial charge on any atom is -0.508 e. The van der Waals surface area contributed by atoms with Crippen molar-refractivity contribution in [2.75, 3.05) is 27.2 Å². The molecule has 0 radical (unpaired) electrons. The topological polar surface area (TPSA) is 35.5 Å². The van der Waals surface area contributed by atoms with Crippen molar-refractivity contribution in [3.05, 3.63) is 29.8 Å². The molecule has 0 bridgehead atoms. The summed E-state index contributed by atoms with van der Waals surface area (Å²) in [6.45, 7) is 4.21. The summed E-state index contributed by atoms with van der Waals surface area (Å²) in [4.78, 5) is 2.18. The molecular weight excluding hydrogens is 200 g/mol. The van der Waals surface area contributed by atoms with Gasteiger partial charge in [-0.3, -0.25) is 0 Å². The minimum absolute atomic E-state index is 0.286. The highest BCUT2D eigenvalue weighted by Crippen LogP contribution is 2.17. The van der Waals surface area contributed by atoms with Gasteiger partial charge in [0.05, 0.1) is 0 Å². The number of benzene rings is 1. The molecule has 1 aromatic rings. The molecule has 0 spiro atoms. The average molecular weight is 222 g/mol. The van der Waals surface area contributed by atoms with Crippen molar-refractivity contribution >= 4 is 0 Å². The van der Waals surface area contributed by atoms with Crippen LogP contribution in [0, 0.1) is 0 Å². The zero-order valence-corrected chi connectivity index (χ0v) is 10.4. The van der Waals surface area contributed by atoms with Gasteiger partial charge in [-0.25, -0.2) is 0 Å². The fourth-order valence-corrected chi connectivity index (χ4v) is 1.63. The second kappa shape index (κ2) is 6.51. The molecule has 90 valence electrons. The molecular formula is C13H22N2O. The van der Waals surface area contributed by atoms with Gasteiger partial charge in [-0.15, -0.1) is 0 Å². The first-order chi connectivity index (χ1) is 7.59. The molecule has 0 aliphatic rings. The van der Waals surface area contributed by atoms with Gasteiger partial charge in [0.15, 0.2) is 0 Å². The molecule has 2 N–H and O–H groups in total. The Labute approximate surface area is 98.1 Å². The van der Waals surface area contributed by atoms with Crippen molar-refractivity contribution in [2.24, 2.45) is 0 Å². The Morgan fingerprint density at radius 2 is 2.12 bits per heavy atom. The molecule has 1 aromatic carbocycles. The quantitative estimate of drug-likeness (QED) is 0.723. The molecule has 3 nitrogen and oxygen atoms in total. The van der Waals surface area contributed by atoms with E-state index in [0.717, 1.165) is 25.1 Å². The number of nitrogens with zero attached hydrogens (tertiary/aromatic N) is 1. The molecule has 0 amide bonds. The van der Waals surface area contributed by atoms with E-state index >= 15 is 0 Å². The van der Waals surface area contributed by atoms with E-state index in [1.54, 1.807) is 6.07 Å². The summed E-state index contributed by atoms with van der Waals surface area (Å²) in [5, 5.41) is 12.8. The Bertz CT molecular complexity index is 313. The Morgan fingerprint density at radius 3 is 2.75 bits per heavy atom. The first-order valence-electron chi connectivity index (χ1n) is 5.76. The number of hydrogen-bond acceptors (Lipinski definition) is 3. The van der Waals surface area contributed by atoms with Gasteiger partial charge in [-0.1, -0.05) is 12.1 Å². The highest BCUT2D eigenvalue weighted by atomic mass is 16.3. The smallest absolute Gasteiger partial charge is 0.115 e. The second-order valence-corrected chi connectivity index (χ2v) is 4.43. The zero-order valence-electron chi connectivity index (χ0n) is 10.4. The second-order valence-electron chi connectivity index (χ2n) is 4.43. The van der Waals surface area contributed by atoms with E-state index in [1.807, 2.05) is 18.2 Å². The predicted octanol–water partition coefficient (Wildman–Crippen LogP) is 1.99. The highest BCUT2D eigenvalue weighted by molar-refractivity contribution is 5.28. The van der Waals surface area contributed by atoms with E-state index in [4.69, 9.17) is 0 Å². The lowest BCUT2D eigenvalue weighted by Crippen LogP contribution is -2.23. The third kappa shape index (κ3) is 4.64. The fraction of sp³-hybridized carbons (Fsp3) is 0.538. The van der Waals surface area contributed by atoms with Gasteiger partial charge < -0.3 is 15.3 Å². The van der Waals surface area contributed by atoms with Crippen LogP contribution in [0.3, 0.4) is 0 Å². The Morgan fingerprint density at radius 1 is 1.38 bits per heavy atom. The third-order valence-electron chi connectivity index (χ3n) is 2.60. The largest absolute Gasteiger partial charge is 0.508 e. The Balaban J connectivity index is 2.32. The van der Waals surface area contributed by atoms with Gasteiger partial charge in [-0.05, 0) is 58.2 Å². The molecule has 1 unspecified atom stereocenters. The van der Waals surface area contributed by atoms with Gasteiger partial charge in [0.1, 0.15) is 5.75 Å². The molecule has 1 rings (SSSR count). The van der Waals surface area contributed by atoms with Crippen molar-refractivity contribution in [1.29, 1.82) is 0 Å². The van der Waals surface area contributed by atoms with E-state index in [-0.39, 0.29) is 6.04 Å².